The standard InChI is InChI=1S/C19H16N4O2/c20-13-14-6-8-16(9-7-14)23-18(10-11-21-23)22-19(25)12-17(24)15-4-2-1-3-5-15/h1-11,17,24H,12H2,(H,22,25). The Bertz CT molecular complexity index is 895. The van der Waals surface area contributed by atoms with Crippen molar-refractivity contribution in [3.63, 3.8) is 0 Å². The smallest absolute Gasteiger partial charge is 0.228 e. The minimum absolute atomic E-state index is 0.0530. The molecule has 25 heavy (non-hydrogen) atoms. The van der Waals surface area contributed by atoms with Crippen molar-refractivity contribution in [2.75, 3.05) is 5.32 Å². The van der Waals surface area contributed by atoms with Gasteiger partial charge in [0.25, 0.3) is 0 Å². The molecule has 1 atom stereocenters. The topological polar surface area (TPSA) is 90.9 Å². The Morgan fingerprint density at radius 2 is 1.88 bits per heavy atom. The summed E-state index contributed by atoms with van der Waals surface area (Å²) in [5, 5.41) is 26.0. The van der Waals surface area contributed by atoms with Crippen molar-refractivity contribution < 1.29 is 9.90 Å². The van der Waals surface area contributed by atoms with Gasteiger partial charge in [0.15, 0.2) is 0 Å². The third kappa shape index (κ3) is 3.91. The van der Waals surface area contributed by atoms with E-state index in [-0.39, 0.29) is 12.3 Å². The summed E-state index contributed by atoms with van der Waals surface area (Å²) in [5.74, 6) is 0.182. The van der Waals surface area contributed by atoms with Gasteiger partial charge in [-0.1, -0.05) is 30.3 Å². The van der Waals surface area contributed by atoms with Crippen LogP contribution in [0, 0.1) is 11.3 Å². The first-order valence-corrected chi connectivity index (χ1v) is 7.75. The van der Waals surface area contributed by atoms with Crippen LogP contribution in [0.15, 0.2) is 66.9 Å². The number of nitrogens with zero attached hydrogens (tertiary/aromatic N) is 3. The van der Waals surface area contributed by atoms with Gasteiger partial charge in [-0.2, -0.15) is 10.4 Å². The number of nitrogens with one attached hydrogen (secondary N) is 1. The fourth-order valence-corrected chi connectivity index (χ4v) is 2.44. The van der Waals surface area contributed by atoms with E-state index in [0.717, 1.165) is 5.69 Å². The Morgan fingerprint density at radius 1 is 1.16 bits per heavy atom. The second kappa shape index (κ2) is 7.43. The van der Waals surface area contributed by atoms with E-state index in [4.69, 9.17) is 5.26 Å². The van der Waals surface area contributed by atoms with Gasteiger partial charge in [-0.15, -0.1) is 0 Å². The zero-order valence-corrected chi connectivity index (χ0v) is 13.3. The van der Waals surface area contributed by atoms with Gasteiger partial charge >= 0.3 is 0 Å². The summed E-state index contributed by atoms with van der Waals surface area (Å²) in [6.07, 6.45) is 0.650. The Balaban J connectivity index is 1.70. The highest BCUT2D eigenvalue weighted by Crippen LogP contribution is 2.19. The van der Waals surface area contributed by atoms with Crippen LogP contribution in [0.5, 0.6) is 0 Å². The number of aromatic nitrogens is 2. The lowest BCUT2D eigenvalue weighted by Crippen LogP contribution is -2.17. The minimum Gasteiger partial charge on any atom is -0.388 e. The van der Waals surface area contributed by atoms with Gasteiger partial charge in [0.1, 0.15) is 5.82 Å². The van der Waals surface area contributed by atoms with Crippen LogP contribution < -0.4 is 5.32 Å². The minimum atomic E-state index is -0.868. The Labute approximate surface area is 145 Å². The first-order valence-electron chi connectivity index (χ1n) is 7.75. The van der Waals surface area contributed by atoms with Crippen LogP contribution >= 0.6 is 0 Å². The first-order chi connectivity index (χ1) is 12.2. The predicted molar refractivity (Wildman–Crippen MR) is 92.9 cm³/mol. The number of carbonyl (C=O) groups excluding carboxylic acids is 1. The normalized spacial score (nSPS) is 11.5. The molecule has 3 rings (SSSR count). The van der Waals surface area contributed by atoms with Crippen molar-refractivity contribution in [3.8, 4) is 11.8 Å². The van der Waals surface area contributed by atoms with Crippen LogP contribution in [-0.4, -0.2) is 20.8 Å². The molecule has 0 radical (unpaired) electrons. The number of aliphatic hydroxyl groups excluding tert-OH is 1. The maximum Gasteiger partial charge on any atom is 0.228 e. The fourth-order valence-electron chi connectivity index (χ4n) is 2.44. The number of rotatable bonds is 5. The number of amides is 1. The van der Waals surface area contributed by atoms with Crippen molar-refractivity contribution in [1.82, 2.24) is 9.78 Å². The molecule has 1 unspecified atom stereocenters. The number of anilines is 1. The lowest BCUT2D eigenvalue weighted by molar-refractivity contribution is -0.118. The molecule has 0 saturated carbocycles. The van der Waals surface area contributed by atoms with Gasteiger partial charge in [-0.05, 0) is 29.8 Å². The van der Waals surface area contributed by atoms with Crippen molar-refractivity contribution in [3.05, 3.63) is 78.0 Å². The van der Waals surface area contributed by atoms with Gasteiger partial charge in [-0.3, -0.25) is 4.79 Å². The molecule has 6 nitrogen and oxygen atoms in total. The van der Waals surface area contributed by atoms with Crippen LogP contribution in [0.2, 0.25) is 0 Å². The molecule has 3 aromatic rings. The molecule has 124 valence electrons. The Kier molecular flexibility index (Phi) is 4.88. The van der Waals surface area contributed by atoms with E-state index in [0.29, 0.717) is 16.9 Å². The highest BCUT2D eigenvalue weighted by molar-refractivity contribution is 5.90. The zero-order valence-electron chi connectivity index (χ0n) is 13.3. The van der Waals surface area contributed by atoms with Crippen LogP contribution in [0.25, 0.3) is 5.69 Å². The second-order valence-corrected chi connectivity index (χ2v) is 5.47. The number of nitriles is 1. The summed E-state index contributed by atoms with van der Waals surface area (Å²) in [4.78, 5) is 12.2. The highest BCUT2D eigenvalue weighted by atomic mass is 16.3. The average Bonchev–Trinajstić information content (AvgIpc) is 3.10. The Hall–Kier alpha value is -3.43. The van der Waals surface area contributed by atoms with E-state index in [1.54, 1.807) is 53.3 Å². The van der Waals surface area contributed by atoms with Crippen molar-refractivity contribution in [2.45, 2.75) is 12.5 Å². The largest absolute Gasteiger partial charge is 0.388 e. The Morgan fingerprint density at radius 3 is 2.56 bits per heavy atom. The summed E-state index contributed by atoms with van der Waals surface area (Å²) in [5.41, 5.74) is 1.97. The third-order valence-electron chi connectivity index (χ3n) is 3.71. The molecule has 0 aliphatic carbocycles. The number of hydrogen-bond donors (Lipinski definition) is 2. The zero-order chi connectivity index (χ0) is 17.6. The quantitative estimate of drug-likeness (QED) is 0.751. The maximum atomic E-state index is 12.2. The van der Waals surface area contributed by atoms with E-state index in [1.807, 2.05) is 18.2 Å². The molecule has 0 spiro atoms. The van der Waals surface area contributed by atoms with E-state index in [9.17, 15) is 9.90 Å². The average molecular weight is 332 g/mol. The lowest BCUT2D eigenvalue weighted by atomic mass is 10.1. The van der Waals surface area contributed by atoms with Crippen molar-refractivity contribution in [2.24, 2.45) is 0 Å². The molecule has 1 amide bonds. The van der Waals surface area contributed by atoms with Gasteiger partial charge < -0.3 is 10.4 Å². The fraction of sp³-hybridized carbons (Fsp3) is 0.105. The van der Waals surface area contributed by atoms with Crippen molar-refractivity contribution in [1.29, 1.82) is 5.26 Å². The number of benzene rings is 2. The molecule has 0 bridgehead atoms. The van der Waals surface area contributed by atoms with E-state index in [2.05, 4.69) is 16.5 Å². The number of carbonyl (C=O) groups is 1. The molecular weight excluding hydrogens is 316 g/mol. The van der Waals surface area contributed by atoms with Gasteiger partial charge in [0.05, 0.1) is 36.0 Å². The molecule has 0 fully saturated rings. The molecule has 1 heterocycles. The molecule has 0 saturated heterocycles. The molecule has 6 heteroatoms. The summed E-state index contributed by atoms with van der Waals surface area (Å²) in [7, 11) is 0. The summed E-state index contributed by atoms with van der Waals surface area (Å²) < 4.78 is 1.56. The summed E-state index contributed by atoms with van der Waals surface area (Å²) >= 11 is 0. The van der Waals surface area contributed by atoms with E-state index < -0.39 is 6.10 Å². The maximum absolute atomic E-state index is 12.2. The number of hydrogen-bond acceptors (Lipinski definition) is 4. The van der Waals surface area contributed by atoms with Crippen LogP contribution in [0.1, 0.15) is 23.7 Å². The van der Waals surface area contributed by atoms with Gasteiger partial charge in [0, 0.05) is 6.07 Å². The summed E-state index contributed by atoms with van der Waals surface area (Å²) in [6.45, 7) is 0. The molecule has 2 N–H and O–H groups in total. The van der Waals surface area contributed by atoms with Gasteiger partial charge in [-0.25, -0.2) is 4.68 Å². The van der Waals surface area contributed by atoms with Crippen LogP contribution in [-0.2, 0) is 4.79 Å². The molecule has 2 aromatic carbocycles. The molecular formula is C19H16N4O2. The first kappa shape index (κ1) is 16.4. The van der Waals surface area contributed by atoms with Crippen LogP contribution in [0.4, 0.5) is 5.82 Å². The van der Waals surface area contributed by atoms with E-state index in [1.165, 1.54) is 0 Å². The molecule has 1 aromatic heterocycles. The van der Waals surface area contributed by atoms with E-state index >= 15 is 0 Å². The number of aliphatic hydroxyl groups is 1. The van der Waals surface area contributed by atoms with Gasteiger partial charge in [0.2, 0.25) is 5.91 Å². The predicted octanol–water partition coefficient (Wildman–Crippen LogP) is 2.81. The SMILES string of the molecule is N#Cc1ccc(-n2nccc2NC(=O)CC(O)c2ccccc2)cc1. The molecule has 0 aliphatic rings. The molecule has 0 aliphatic heterocycles. The van der Waals surface area contributed by atoms with Crippen LogP contribution in [0.3, 0.4) is 0 Å². The lowest BCUT2D eigenvalue weighted by Gasteiger charge is -2.12. The highest BCUT2D eigenvalue weighted by Gasteiger charge is 2.15. The van der Waals surface area contributed by atoms with Crippen molar-refractivity contribution >= 4 is 11.7 Å². The summed E-state index contributed by atoms with van der Waals surface area (Å²) in [6, 6.07) is 19.6. The second-order valence-electron chi connectivity index (χ2n) is 5.47. The monoisotopic (exact) mass is 332 g/mol. The third-order valence-corrected chi connectivity index (χ3v) is 3.71.